The molecule has 4 rings (SSSR count). The van der Waals surface area contributed by atoms with Crippen LogP contribution in [0, 0.1) is 27.7 Å². The number of nitrogens with one attached hydrogen (secondary N) is 1. The number of aromatic nitrogens is 2. The minimum Gasteiger partial charge on any atom is -0.497 e. The molecule has 0 unspecified atom stereocenters. The molecule has 0 spiro atoms. The van der Waals surface area contributed by atoms with E-state index >= 15 is 0 Å². The Morgan fingerprint density at radius 1 is 0.735 bits per heavy atom. The van der Waals surface area contributed by atoms with Gasteiger partial charge in [0.1, 0.15) is 29.4 Å². The van der Waals surface area contributed by atoms with Crippen LogP contribution in [0.1, 0.15) is 27.8 Å². The maximum atomic E-state index is 5.63. The molecule has 176 valence electrons. The van der Waals surface area contributed by atoms with Gasteiger partial charge in [-0.2, -0.15) is 0 Å². The van der Waals surface area contributed by atoms with Crippen molar-refractivity contribution < 1.29 is 14.2 Å². The molecule has 1 N–H and O–H groups in total. The highest BCUT2D eigenvalue weighted by Crippen LogP contribution is 2.40. The maximum Gasteiger partial charge on any atom is 0.137 e. The van der Waals surface area contributed by atoms with Crippen molar-refractivity contribution in [2.45, 2.75) is 34.2 Å². The Balaban J connectivity index is 1.84. The summed E-state index contributed by atoms with van der Waals surface area (Å²) in [5, 5.41) is 4.48. The summed E-state index contributed by atoms with van der Waals surface area (Å²) in [4.78, 5) is 9.32. The van der Waals surface area contributed by atoms with Crippen LogP contribution >= 0.6 is 0 Å². The molecule has 3 aromatic carbocycles. The summed E-state index contributed by atoms with van der Waals surface area (Å²) in [7, 11) is 5.02. The minimum absolute atomic E-state index is 0.554. The lowest BCUT2D eigenvalue weighted by Gasteiger charge is -2.20. The second-order valence-corrected chi connectivity index (χ2v) is 8.43. The average Bonchev–Trinajstić information content (AvgIpc) is 2.85. The largest absolute Gasteiger partial charge is 0.497 e. The van der Waals surface area contributed by atoms with Gasteiger partial charge in [-0.15, -0.1) is 0 Å². The molecule has 0 aliphatic carbocycles. The zero-order chi connectivity index (χ0) is 24.4. The van der Waals surface area contributed by atoms with Crippen molar-refractivity contribution in [1.29, 1.82) is 0 Å². The minimum atomic E-state index is 0.554. The molecule has 0 amide bonds. The van der Waals surface area contributed by atoms with E-state index in [-0.39, 0.29) is 0 Å². The molecule has 0 bridgehead atoms. The summed E-state index contributed by atoms with van der Waals surface area (Å²) >= 11 is 0. The van der Waals surface area contributed by atoms with Gasteiger partial charge in [0.2, 0.25) is 0 Å². The van der Waals surface area contributed by atoms with Gasteiger partial charge in [0.25, 0.3) is 0 Å². The van der Waals surface area contributed by atoms with Gasteiger partial charge >= 0.3 is 0 Å². The van der Waals surface area contributed by atoms with Crippen LogP contribution in [-0.2, 0) is 6.54 Å². The molecule has 4 aromatic rings. The number of fused-ring (bicyclic) bond motifs is 1. The van der Waals surface area contributed by atoms with Gasteiger partial charge in [-0.25, -0.2) is 9.97 Å². The number of hydrogen-bond acceptors (Lipinski definition) is 6. The van der Waals surface area contributed by atoms with E-state index in [1.807, 2.05) is 24.3 Å². The van der Waals surface area contributed by atoms with Crippen LogP contribution in [0.4, 0.5) is 5.82 Å². The van der Waals surface area contributed by atoms with E-state index in [9.17, 15) is 0 Å². The number of methoxy groups -OCH3 is 3. The molecule has 0 radical (unpaired) electrons. The molecule has 0 saturated heterocycles. The van der Waals surface area contributed by atoms with Crippen LogP contribution in [0.25, 0.3) is 22.0 Å². The van der Waals surface area contributed by atoms with Crippen molar-refractivity contribution in [3.05, 3.63) is 70.5 Å². The highest BCUT2D eigenvalue weighted by atomic mass is 16.5. The first-order chi connectivity index (χ1) is 16.4. The highest BCUT2D eigenvalue weighted by molar-refractivity contribution is 6.02. The summed E-state index contributed by atoms with van der Waals surface area (Å²) in [6, 6.07) is 12.1. The SMILES string of the molecule is COc1ccc(CNc2ncnc3c(-c4c(C)ccc(OC)c4C)c(C)c(C)cc23)c(OC)c1. The van der Waals surface area contributed by atoms with Crippen molar-refractivity contribution >= 4 is 16.7 Å². The fourth-order valence-corrected chi connectivity index (χ4v) is 4.49. The lowest BCUT2D eigenvalue weighted by molar-refractivity contribution is 0.391. The van der Waals surface area contributed by atoms with Crippen molar-refractivity contribution in [2.75, 3.05) is 26.6 Å². The van der Waals surface area contributed by atoms with E-state index in [2.05, 4.69) is 50.1 Å². The predicted octanol–water partition coefficient (Wildman–Crippen LogP) is 6.17. The first kappa shape index (κ1) is 23.4. The van der Waals surface area contributed by atoms with E-state index in [1.54, 1.807) is 27.7 Å². The van der Waals surface area contributed by atoms with E-state index in [0.29, 0.717) is 6.54 Å². The van der Waals surface area contributed by atoms with Crippen LogP contribution < -0.4 is 19.5 Å². The molecule has 0 aliphatic heterocycles. The van der Waals surface area contributed by atoms with Gasteiger partial charge in [-0.05, 0) is 79.8 Å². The molecule has 0 aliphatic rings. The van der Waals surface area contributed by atoms with Gasteiger partial charge in [0.05, 0.1) is 26.8 Å². The fourth-order valence-electron chi connectivity index (χ4n) is 4.49. The van der Waals surface area contributed by atoms with Crippen LogP contribution in [-0.4, -0.2) is 31.3 Å². The Labute approximate surface area is 200 Å². The van der Waals surface area contributed by atoms with E-state index in [0.717, 1.165) is 56.2 Å². The molecule has 0 saturated carbocycles. The molecule has 34 heavy (non-hydrogen) atoms. The van der Waals surface area contributed by atoms with Gasteiger partial charge in [-0.3, -0.25) is 0 Å². The van der Waals surface area contributed by atoms with E-state index in [1.165, 1.54) is 16.7 Å². The number of nitrogens with zero attached hydrogens (tertiary/aromatic N) is 2. The van der Waals surface area contributed by atoms with Crippen LogP contribution in [0.2, 0.25) is 0 Å². The standard InChI is InChI=1S/C28H31N3O3/c1-16-8-11-23(33-6)19(4)25(16)26-18(3)17(2)12-22-27(26)30-15-31-28(22)29-14-20-9-10-21(32-5)13-24(20)34-7/h8-13,15H,14H2,1-7H3,(H,29,30,31). The lowest BCUT2D eigenvalue weighted by atomic mass is 9.88. The monoisotopic (exact) mass is 457 g/mol. The zero-order valence-electron chi connectivity index (χ0n) is 20.9. The van der Waals surface area contributed by atoms with Crippen LogP contribution in [0.15, 0.2) is 42.7 Å². The smallest absolute Gasteiger partial charge is 0.137 e. The van der Waals surface area contributed by atoms with E-state index in [4.69, 9.17) is 19.2 Å². The molecule has 0 atom stereocenters. The molecule has 1 aromatic heterocycles. The Hall–Kier alpha value is -3.80. The highest BCUT2D eigenvalue weighted by Gasteiger charge is 2.19. The van der Waals surface area contributed by atoms with Gasteiger partial charge in [-0.1, -0.05) is 6.07 Å². The maximum absolute atomic E-state index is 5.63. The number of anilines is 1. The first-order valence-electron chi connectivity index (χ1n) is 11.2. The predicted molar refractivity (Wildman–Crippen MR) is 137 cm³/mol. The third kappa shape index (κ3) is 4.12. The summed E-state index contributed by atoms with van der Waals surface area (Å²) < 4.78 is 16.5. The summed E-state index contributed by atoms with van der Waals surface area (Å²) in [6.07, 6.45) is 1.62. The average molecular weight is 458 g/mol. The molecule has 6 heteroatoms. The first-order valence-corrected chi connectivity index (χ1v) is 11.2. The fraction of sp³-hybridized carbons (Fsp3) is 0.286. The number of hydrogen-bond donors (Lipinski definition) is 1. The van der Waals surface area contributed by atoms with Crippen LogP contribution in [0.5, 0.6) is 17.2 Å². The number of benzene rings is 3. The second-order valence-electron chi connectivity index (χ2n) is 8.43. The van der Waals surface area contributed by atoms with Gasteiger partial charge in [0.15, 0.2) is 0 Å². The van der Waals surface area contributed by atoms with Gasteiger partial charge in [0, 0.05) is 29.1 Å². The Morgan fingerprint density at radius 3 is 2.21 bits per heavy atom. The third-order valence-corrected chi connectivity index (χ3v) is 6.48. The van der Waals surface area contributed by atoms with Crippen molar-refractivity contribution in [2.24, 2.45) is 0 Å². The normalized spacial score (nSPS) is 10.9. The molecular weight excluding hydrogens is 426 g/mol. The summed E-state index contributed by atoms with van der Waals surface area (Å²) in [6.45, 7) is 9.07. The van der Waals surface area contributed by atoms with E-state index < -0.39 is 0 Å². The zero-order valence-corrected chi connectivity index (χ0v) is 20.9. The van der Waals surface area contributed by atoms with Gasteiger partial charge < -0.3 is 19.5 Å². The number of ether oxygens (including phenoxy) is 3. The Kier molecular flexibility index (Phi) is 6.59. The van der Waals surface area contributed by atoms with Crippen molar-refractivity contribution in [3.8, 4) is 28.4 Å². The molecule has 1 heterocycles. The van der Waals surface area contributed by atoms with Crippen molar-refractivity contribution in [1.82, 2.24) is 9.97 Å². The number of rotatable bonds is 7. The third-order valence-electron chi connectivity index (χ3n) is 6.48. The Morgan fingerprint density at radius 2 is 1.50 bits per heavy atom. The lowest BCUT2D eigenvalue weighted by Crippen LogP contribution is -2.06. The summed E-state index contributed by atoms with van der Waals surface area (Å²) in [5.74, 6) is 3.17. The topological polar surface area (TPSA) is 65.5 Å². The summed E-state index contributed by atoms with van der Waals surface area (Å²) in [5.41, 5.74) is 8.89. The van der Waals surface area contributed by atoms with Crippen molar-refractivity contribution in [3.63, 3.8) is 0 Å². The Bertz CT molecular complexity index is 1370. The molecule has 6 nitrogen and oxygen atoms in total. The van der Waals surface area contributed by atoms with Crippen LogP contribution in [0.3, 0.4) is 0 Å². The second kappa shape index (κ2) is 9.59. The molecular formula is C28H31N3O3. The quantitative estimate of drug-likeness (QED) is 0.358. The molecule has 0 fully saturated rings. The number of aryl methyl sites for hydroxylation is 2.